The van der Waals surface area contributed by atoms with Gasteiger partial charge >= 0.3 is 0 Å². The molecule has 1 atom stereocenters. The van der Waals surface area contributed by atoms with Gasteiger partial charge in [-0.25, -0.2) is 0 Å². The minimum atomic E-state index is -0.510. The number of piperidine rings is 1. The van der Waals surface area contributed by atoms with E-state index in [2.05, 4.69) is 30.8 Å². The van der Waals surface area contributed by atoms with Crippen LogP contribution in [0, 0.1) is 0 Å². The standard InChI is InChI=1S/C25H26N4O2/c1-2-23(30)28-14-6-9-21(16-28)29-17-22(25(26)31)24(27-29)20-12-10-19(11-13-20)15-18-7-4-3-5-8-18/h2-5,7-8,10-13,17,21H,1,6,9,14-16H2,(H2,26,31). The van der Waals surface area contributed by atoms with E-state index in [1.54, 1.807) is 15.8 Å². The van der Waals surface area contributed by atoms with Crippen molar-refractivity contribution in [1.82, 2.24) is 14.7 Å². The van der Waals surface area contributed by atoms with Crippen molar-refractivity contribution < 1.29 is 9.59 Å². The SMILES string of the molecule is C=CC(=O)N1CCCC(n2cc(C(N)=O)c(-c3ccc(Cc4ccccc4)cc3)n2)C1. The summed E-state index contributed by atoms with van der Waals surface area (Å²) in [6.45, 7) is 4.82. The second-order valence-electron chi connectivity index (χ2n) is 7.88. The molecule has 0 saturated carbocycles. The Kier molecular flexibility index (Phi) is 5.98. The van der Waals surface area contributed by atoms with Gasteiger partial charge in [-0.2, -0.15) is 5.10 Å². The number of carbonyl (C=O) groups is 2. The van der Waals surface area contributed by atoms with E-state index in [4.69, 9.17) is 10.8 Å². The first-order valence-corrected chi connectivity index (χ1v) is 10.5. The van der Waals surface area contributed by atoms with E-state index in [0.717, 1.165) is 24.8 Å². The Hall–Kier alpha value is -3.67. The molecule has 3 aromatic rings. The molecule has 2 N–H and O–H groups in total. The lowest BCUT2D eigenvalue weighted by Gasteiger charge is -2.32. The summed E-state index contributed by atoms with van der Waals surface area (Å²) in [5.74, 6) is -0.592. The number of carbonyl (C=O) groups excluding carboxylic acids is 2. The summed E-state index contributed by atoms with van der Waals surface area (Å²) < 4.78 is 1.79. The molecule has 2 amide bonds. The molecule has 1 aliphatic rings. The smallest absolute Gasteiger partial charge is 0.252 e. The van der Waals surface area contributed by atoms with E-state index in [1.165, 1.54) is 17.2 Å². The van der Waals surface area contributed by atoms with E-state index in [-0.39, 0.29) is 11.9 Å². The number of nitrogens with two attached hydrogens (primary N) is 1. The molecule has 0 spiro atoms. The summed E-state index contributed by atoms with van der Waals surface area (Å²) >= 11 is 0. The van der Waals surface area contributed by atoms with Crippen LogP contribution in [0.4, 0.5) is 0 Å². The summed E-state index contributed by atoms with van der Waals surface area (Å²) in [7, 11) is 0. The van der Waals surface area contributed by atoms with Gasteiger partial charge in [0.25, 0.3) is 5.91 Å². The minimum Gasteiger partial charge on any atom is -0.365 e. The van der Waals surface area contributed by atoms with Crippen LogP contribution < -0.4 is 5.73 Å². The summed E-state index contributed by atoms with van der Waals surface area (Å²) in [5, 5.41) is 4.71. The lowest BCUT2D eigenvalue weighted by atomic mass is 10.0. The molecule has 2 heterocycles. The Morgan fingerprint density at radius 2 is 1.81 bits per heavy atom. The second kappa shape index (κ2) is 9.00. The van der Waals surface area contributed by atoms with Crippen molar-refractivity contribution in [2.45, 2.75) is 25.3 Å². The van der Waals surface area contributed by atoms with E-state index in [9.17, 15) is 9.59 Å². The molecule has 1 aromatic heterocycles. The van der Waals surface area contributed by atoms with Gasteiger partial charge in [0.1, 0.15) is 5.69 Å². The van der Waals surface area contributed by atoms with Crippen LogP contribution in [0.15, 0.2) is 73.4 Å². The van der Waals surface area contributed by atoms with Gasteiger partial charge in [-0.15, -0.1) is 0 Å². The summed E-state index contributed by atoms with van der Waals surface area (Å²) in [5.41, 5.74) is 9.89. The summed E-state index contributed by atoms with van der Waals surface area (Å²) in [6.07, 6.45) is 5.65. The number of hydrogen-bond acceptors (Lipinski definition) is 3. The molecule has 0 bridgehead atoms. The Labute approximate surface area is 182 Å². The molecule has 0 aliphatic carbocycles. The van der Waals surface area contributed by atoms with Crippen molar-refractivity contribution >= 4 is 11.8 Å². The van der Waals surface area contributed by atoms with Crippen LogP contribution in [-0.4, -0.2) is 39.6 Å². The van der Waals surface area contributed by atoms with Gasteiger partial charge in [-0.3, -0.25) is 14.3 Å². The fourth-order valence-electron chi connectivity index (χ4n) is 4.08. The van der Waals surface area contributed by atoms with Gasteiger partial charge in [-0.05, 0) is 36.5 Å². The van der Waals surface area contributed by atoms with Gasteiger partial charge in [0.2, 0.25) is 5.91 Å². The molecule has 6 heteroatoms. The molecule has 6 nitrogen and oxygen atoms in total. The van der Waals surface area contributed by atoms with Crippen molar-refractivity contribution in [1.29, 1.82) is 0 Å². The number of benzene rings is 2. The normalized spacial score (nSPS) is 16.1. The highest BCUT2D eigenvalue weighted by atomic mass is 16.2. The number of rotatable bonds is 6. The minimum absolute atomic E-state index is 0.00172. The predicted octanol–water partition coefficient (Wildman–Crippen LogP) is 3.59. The van der Waals surface area contributed by atoms with Crippen molar-refractivity contribution in [2.75, 3.05) is 13.1 Å². The van der Waals surface area contributed by atoms with E-state index in [1.807, 2.05) is 30.3 Å². The maximum atomic E-state index is 12.1. The molecule has 1 unspecified atom stereocenters. The fraction of sp³-hybridized carbons (Fsp3) is 0.240. The van der Waals surface area contributed by atoms with Crippen LogP contribution in [0.3, 0.4) is 0 Å². The molecule has 1 fully saturated rings. The van der Waals surface area contributed by atoms with Crippen LogP contribution in [0.25, 0.3) is 11.3 Å². The number of likely N-dealkylation sites (tertiary alicyclic amines) is 1. The van der Waals surface area contributed by atoms with Gasteiger partial charge in [0.05, 0.1) is 11.6 Å². The van der Waals surface area contributed by atoms with Crippen LogP contribution in [0.5, 0.6) is 0 Å². The summed E-state index contributed by atoms with van der Waals surface area (Å²) in [4.78, 5) is 25.9. The van der Waals surface area contributed by atoms with Gasteiger partial charge in [-0.1, -0.05) is 61.2 Å². The maximum Gasteiger partial charge on any atom is 0.252 e. The lowest BCUT2D eigenvalue weighted by Crippen LogP contribution is -2.40. The quantitative estimate of drug-likeness (QED) is 0.626. The van der Waals surface area contributed by atoms with Crippen LogP contribution in [-0.2, 0) is 11.2 Å². The van der Waals surface area contributed by atoms with E-state index < -0.39 is 5.91 Å². The number of amides is 2. The first kappa shape index (κ1) is 20.6. The molecule has 0 radical (unpaired) electrons. The highest BCUT2D eigenvalue weighted by molar-refractivity contribution is 5.98. The molecule has 158 valence electrons. The lowest BCUT2D eigenvalue weighted by molar-refractivity contribution is -0.127. The highest BCUT2D eigenvalue weighted by Crippen LogP contribution is 2.27. The largest absolute Gasteiger partial charge is 0.365 e. The van der Waals surface area contributed by atoms with Crippen LogP contribution >= 0.6 is 0 Å². The number of primary amides is 1. The molecular formula is C25H26N4O2. The first-order valence-electron chi connectivity index (χ1n) is 10.5. The molecular weight excluding hydrogens is 388 g/mol. The molecule has 4 rings (SSSR count). The van der Waals surface area contributed by atoms with Crippen LogP contribution in [0.2, 0.25) is 0 Å². The van der Waals surface area contributed by atoms with Crippen molar-refractivity contribution in [2.24, 2.45) is 5.73 Å². The van der Waals surface area contributed by atoms with Gasteiger partial charge in [0.15, 0.2) is 0 Å². The zero-order valence-corrected chi connectivity index (χ0v) is 17.4. The van der Waals surface area contributed by atoms with Gasteiger partial charge in [0, 0.05) is 24.8 Å². The van der Waals surface area contributed by atoms with Crippen molar-refractivity contribution in [3.05, 3.63) is 90.1 Å². The average molecular weight is 415 g/mol. The zero-order chi connectivity index (χ0) is 21.8. The highest BCUT2D eigenvalue weighted by Gasteiger charge is 2.26. The second-order valence-corrected chi connectivity index (χ2v) is 7.88. The Balaban J connectivity index is 1.58. The number of aromatic nitrogens is 2. The third-order valence-electron chi connectivity index (χ3n) is 5.73. The monoisotopic (exact) mass is 414 g/mol. The molecule has 31 heavy (non-hydrogen) atoms. The topological polar surface area (TPSA) is 81.2 Å². The van der Waals surface area contributed by atoms with Crippen LogP contribution in [0.1, 0.15) is 40.4 Å². The Morgan fingerprint density at radius 1 is 1.10 bits per heavy atom. The maximum absolute atomic E-state index is 12.1. The number of hydrogen-bond donors (Lipinski definition) is 1. The molecule has 2 aromatic carbocycles. The third-order valence-corrected chi connectivity index (χ3v) is 5.73. The van der Waals surface area contributed by atoms with Gasteiger partial charge < -0.3 is 10.6 Å². The van der Waals surface area contributed by atoms with Crippen molar-refractivity contribution in [3.63, 3.8) is 0 Å². The van der Waals surface area contributed by atoms with Crippen molar-refractivity contribution in [3.8, 4) is 11.3 Å². The summed E-state index contributed by atoms with van der Waals surface area (Å²) in [6, 6.07) is 18.3. The average Bonchev–Trinajstić information content (AvgIpc) is 3.26. The molecule has 1 aliphatic heterocycles. The van der Waals surface area contributed by atoms with E-state index >= 15 is 0 Å². The Bertz CT molecular complexity index is 1090. The Morgan fingerprint density at radius 3 is 2.48 bits per heavy atom. The number of nitrogens with zero attached hydrogens (tertiary/aromatic N) is 3. The third kappa shape index (κ3) is 4.58. The molecule has 1 saturated heterocycles. The first-order chi connectivity index (χ1) is 15.0. The predicted molar refractivity (Wildman–Crippen MR) is 120 cm³/mol. The van der Waals surface area contributed by atoms with E-state index in [0.29, 0.717) is 24.3 Å². The fourth-order valence-corrected chi connectivity index (χ4v) is 4.08. The zero-order valence-electron chi connectivity index (χ0n) is 17.4.